The Balaban J connectivity index is 2.61. The number of hydrogen-bond acceptors (Lipinski definition) is 3. The summed E-state index contributed by atoms with van der Waals surface area (Å²) in [7, 11) is -3.39. The zero-order valence-corrected chi connectivity index (χ0v) is 10.8. The van der Waals surface area contributed by atoms with E-state index in [0.29, 0.717) is 11.4 Å². The number of pyridine rings is 1. The molecule has 0 aliphatic rings. The molecular weight excluding hydrogens is 280 g/mol. The van der Waals surface area contributed by atoms with Gasteiger partial charge in [0.2, 0.25) is 10.0 Å². The molecule has 1 atom stereocenters. The van der Waals surface area contributed by atoms with Crippen LogP contribution in [0, 0.1) is 0 Å². The molecule has 1 heterocycles. The average Bonchev–Trinajstić information content (AvgIpc) is 2.18. The van der Waals surface area contributed by atoms with Gasteiger partial charge in [-0.25, -0.2) is 13.1 Å². The molecule has 1 N–H and O–H groups in total. The van der Waals surface area contributed by atoms with E-state index >= 15 is 0 Å². The molecule has 1 unspecified atom stereocenters. The van der Waals surface area contributed by atoms with Gasteiger partial charge in [-0.2, -0.15) is 0 Å². The first-order valence-corrected chi connectivity index (χ1v) is 6.96. The van der Waals surface area contributed by atoms with Crippen LogP contribution in [-0.2, 0) is 10.0 Å². The molecule has 0 aliphatic carbocycles. The van der Waals surface area contributed by atoms with Crippen molar-refractivity contribution < 1.29 is 8.42 Å². The number of halogens is 1. The quantitative estimate of drug-likeness (QED) is 0.838. The van der Waals surface area contributed by atoms with Gasteiger partial charge in [0.15, 0.2) is 0 Å². The van der Waals surface area contributed by atoms with Crippen molar-refractivity contribution in [1.82, 2.24) is 9.71 Å². The highest BCUT2D eigenvalue weighted by atomic mass is 79.9. The highest BCUT2D eigenvalue weighted by Gasteiger charge is 2.12. The lowest BCUT2D eigenvalue weighted by molar-refractivity contribution is 0.579. The Hall–Kier alpha value is -0.460. The largest absolute Gasteiger partial charge is 0.263 e. The van der Waals surface area contributed by atoms with E-state index < -0.39 is 10.0 Å². The highest BCUT2D eigenvalue weighted by Crippen LogP contribution is 2.06. The number of aromatic nitrogens is 1. The third-order valence-electron chi connectivity index (χ3n) is 1.78. The summed E-state index contributed by atoms with van der Waals surface area (Å²) >= 11 is 3.35. The summed E-state index contributed by atoms with van der Waals surface area (Å²) in [5.41, 5.74) is 0. The summed E-state index contributed by atoms with van der Waals surface area (Å²) < 4.78 is 25.8. The molecule has 0 radical (unpaired) electrons. The molecule has 0 spiro atoms. The predicted octanol–water partition coefficient (Wildman–Crippen LogP) is 1.53. The van der Waals surface area contributed by atoms with Crippen molar-refractivity contribution >= 4 is 26.0 Å². The number of rotatable bonds is 5. The smallest absolute Gasteiger partial charge is 0.242 e. The highest BCUT2D eigenvalue weighted by molar-refractivity contribution is 9.09. The van der Waals surface area contributed by atoms with E-state index in [1.807, 2.05) is 6.92 Å². The van der Waals surface area contributed by atoms with Crippen LogP contribution >= 0.6 is 15.9 Å². The molecule has 0 fully saturated rings. The van der Waals surface area contributed by atoms with Crippen LogP contribution in [0.2, 0.25) is 0 Å². The summed E-state index contributed by atoms with van der Waals surface area (Å²) in [4.78, 5) is 4.27. The Bertz CT molecular complexity index is 392. The van der Waals surface area contributed by atoms with E-state index in [1.54, 1.807) is 12.3 Å². The third kappa shape index (κ3) is 4.27. The van der Waals surface area contributed by atoms with E-state index in [1.165, 1.54) is 12.3 Å². The van der Waals surface area contributed by atoms with Gasteiger partial charge in [-0.3, -0.25) is 4.98 Å². The van der Waals surface area contributed by atoms with Crippen LogP contribution in [0.15, 0.2) is 29.4 Å². The molecule has 0 aromatic carbocycles. The van der Waals surface area contributed by atoms with Crippen molar-refractivity contribution in [1.29, 1.82) is 0 Å². The summed E-state index contributed by atoms with van der Waals surface area (Å²) in [6, 6.07) is 3.12. The fourth-order valence-corrected chi connectivity index (χ4v) is 2.22. The Morgan fingerprint density at radius 3 is 2.87 bits per heavy atom. The van der Waals surface area contributed by atoms with E-state index in [4.69, 9.17) is 0 Å². The van der Waals surface area contributed by atoms with Crippen molar-refractivity contribution in [3.63, 3.8) is 0 Å². The molecule has 0 saturated carbocycles. The molecule has 1 aromatic heterocycles. The summed E-state index contributed by atoms with van der Waals surface area (Å²) in [5.74, 6) is 0. The third-order valence-corrected chi connectivity index (χ3v) is 3.68. The van der Waals surface area contributed by atoms with E-state index in [0.717, 1.165) is 6.42 Å². The topological polar surface area (TPSA) is 59.1 Å². The van der Waals surface area contributed by atoms with Crippen LogP contribution < -0.4 is 4.72 Å². The first-order valence-electron chi connectivity index (χ1n) is 4.56. The first kappa shape index (κ1) is 12.6. The van der Waals surface area contributed by atoms with Gasteiger partial charge in [0, 0.05) is 23.8 Å². The minimum Gasteiger partial charge on any atom is -0.263 e. The Morgan fingerprint density at radius 2 is 2.33 bits per heavy atom. The maximum Gasteiger partial charge on any atom is 0.242 e. The van der Waals surface area contributed by atoms with Gasteiger partial charge in [0.1, 0.15) is 4.90 Å². The van der Waals surface area contributed by atoms with Gasteiger partial charge in [0.05, 0.1) is 0 Å². The molecule has 0 saturated heterocycles. The van der Waals surface area contributed by atoms with Gasteiger partial charge >= 0.3 is 0 Å². The Kier molecular flexibility index (Phi) is 4.69. The number of hydrogen-bond donors (Lipinski definition) is 1. The van der Waals surface area contributed by atoms with Crippen molar-refractivity contribution in [2.45, 2.75) is 23.1 Å². The maximum atomic E-state index is 11.6. The van der Waals surface area contributed by atoms with Crippen LogP contribution in [0.3, 0.4) is 0 Å². The van der Waals surface area contributed by atoms with Crippen LogP contribution in [0.5, 0.6) is 0 Å². The number of nitrogens with one attached hydrogen (secondary N) is 1. The summed E-state index contributed by atoms with van der Waals surface area (Å²) in [5, 5.41) is 0. The molecule has 0 amide bonds. The van der Waals surface area contributed by atoms with Gasteiger partial charge in [-0.15, -0.1) is 0 Å². The van der Waals surface area contributed by atoms with Crippen molar-refractivity contribution in [3.05, 3.63) is 24.5 Å². The van der Waals surface area contributed by atoms with E-state index in [-0.39, 0.29) is 4.90 Å². The first-order chi connectivity index (χ1) is 7.02. The van der Waals surface area contributed by atoms with Gasteiger partial charge in [-0.05, 0) is 18.6 Å². The molecule has 4 nitrogen and oxygen atoms in total. The minimum absolute atomic E-state index is 0.201. The molecule has 6 heteroatoms. The lowest BCUT2D eigenvalue weighted by atomic mass is 10.3. The second kappa shape index (κ2) is 5.58. The van der Waals surface area contributed by atoms with E-state index in [2.05, 4.69) is 25.6 Å². The normalized spacial score (nSPS) is 13.7. The van der Waals surface area contributed by atoms with Crippen LogP contribution in [0.25, 0.3) is 0 Å². The van der Waals surface area contributed by atoms with E-state index in [9.17, 15) is 8.42 Å². The molecule has 0 aliphatic heterocycles. The Morgan fingerprint density at radius 1 is 1.60 bits per heavy atom. The van der Waals surface area contributed by atoms with Crippen LogP contribution in [0.1, 0.15) is 13.3 Å². The zero-order chi connectivity index (χ0) is 11.3. The standard InChI is InChI=1S/C9H13BrN2O2S/c1-8(10)4-6-12-15(13,14)9-3-2-5-11-7-9/h2-3,5,7-8,12H,4,6H2,1H3. The molecule has 15 heavy (non-hydrogen) atoms. The number of alkyl halides is 1. The van der Waals surface area contributed by atoms with Gasteiger partial charge in [0.25, 0.3) is 0 Å². The fourth-order valence-electron chi connectivity index (χ4n) is 0.982. The SMILES string of the molecule is CC(Br)CCNS(=O)(=O)c1cccnc1. The molecule has 84 valence electrons. The second-order valence-corrected chi connectivity index (χ2v) is 6.49. The Labute approximate surface area is 98.3 Å². The molecule has 0 bridgehead atoms. The van der Waals surface area contributed by atoms with Crippen LogP contribution in [-0.4, -0.2) is 24.8 Å². The molecule has 1 rings (SSSR count). The lowest BCUT2D eigenvalue weighted by Gasteiger charge is -2.06. The average molecular weight is 293 g/mol. The zero-order valence-electron chi connectivity index (χ0n) is 8.35. The van der Waals surface area contributed by atoms with Crippen molar-refractivity contribution in [2.24, 2.45) is 0 Å². The van der Waals surface area contributed by atoms with Crippen LogP contribution in [0.4, 0.5) is 0 Å². The molecular formula is C9H13BrN2O2S. The summed E-state index contributed by atoms with van der Waals surface area (Å²) in [6.45, 7) is 2.39. The maximum absolute atomic E-state index is 11.6. The second-order valence-electron chi connectivity index (χ2n) is 3.16. The summed E-state index contributed by atoms with van der Waals surface area (Å²) in [6.07, 6.45) is 3.62. The van der Waals surface area contributed by atoms with Gasteiger partial charge in [-0.1, -0.05) is 22.9 Å². The fraction of sp³-hybridized carbons (Fsp3) is 0.444. The predicted molar refractivity (Wildman–Crippen MR) is 62.4 cm³/mol. The molecule has 1 aromatic rings. The monoisotopic (exact) mass is 292 g/mol. The van der Waals surface area contributed by atoms with Crippen molar-refractivity contribution in [2.75, 3.05) is 6.54 Å². The number of nitrogens with zero attached hydrogens (tertiary/aromatic N) is 1. The van der Waals surface area contributed by atoms with Crippen molar-refractivity contribution in [3.8, 4) is 0 Å². The number of sulfonamides is 1. The van der Waals surface area contributed by atoms with Gasteiger partial charge < -0.3 is 0 Å². The minimum atomic E-state index is -3.39. The lowest BCUT2D eigenvalue weighted by Crippen LogP contribution is -2.26.